The molecule has 1 aromatic rings. The molecule has 0 aliphatic rings. The highest BCUT2D eigenvalue weighted by molar-refractivity contribution is 7.09. The van der Waals surface area contributed by atoms with Crippen LogP contribution >= 0.6 is 11.3 Å². The lowest BCUT2D eigenvalue weighted by atomic mass is 10.1. The summed E-state index contributed by atoms with van der Waals surface area (Å²) in [6, 6.07) is 4.36. The van der Waals surface area contributed by atoms with E-state index in [1.807, 2.05) is 11.3 Å². The summed E-state index contributed by atoms with van der Waals surface area (Å²) in [6.07, 6.45) is 2.41. The Labute approximate surface area is 110 Å². The Morgan fingerprint density at radius 3 is 2.94 bits per heavy atom. The van der Waals surface area contributed by atoms with Crippen molar-refractivity contribution in [3.63, 3.8) is 0 Å². The summed E-state index contributed by atoms with van der Waals surface area (Å²) in [6.45, 7) is 9.16. The van der Waals surface area contributed by atoms with E-state index in [0.29, 0.717) is 0 Å². The summed E-state index contributed by atoms with van der Waals surface area (Å²) in [4.78, 5) is 3.94. The zero-order chi connectivity index (χ0) is 12.5. The standard InChI is InChI=1S/C14H26N2S/c1-4-8-15-11-13(2)12-16(3)9-7-14-6-5-10-17-14/h5-6,10,13,15H,4,7-9,11-12H2,1-3H3. The Balaban J connectivity index is 2.09. The van der Waals surface area contributed by atoms with Gasteiger partial charge < -0.3 is 10.2 Å². The third-order valence-electron chi connectivity index (χ3n) is 2.86. The lowest BCUT2D eigenvalue weighted by molar-refractivity contribution is 0.284. The minimum absolute atomic E-state index is 0.731. The summed E-state index contributed by atoms with van der Waals surface area (Å²) in [5.74, 6) is 0.731. The van der Waals surface area contributed by atoms with E-state index in [1.165, 1.54) is 30.8 Å². The van der Waals surface area contributed by atoms with E-state index in [4.69, 9.17) is 0 Å². The van der Waals surface area contributed by atoms with Gasteiger partial charge in [-0.2, -0.15) is 0 Å². The number of nitrogens with one attached hydrogen (secondary N) is 1. The van der Waals surface area contributed by atoms with Crippen LogP contribution in [0.3, 0.4) is 0 Å². The summed E-state index contributed by atoms with van der Waals surface area (Å²) in [5.41, 5.74) is 0. The second-order valence-electron chi connectivity index (χ2n) is 4.90. The normalized spacial score (nSPS) is 13.2. The van der Waals surface area contributed by atoms with E-state index in [2.05, 4.69) is 48.6 Å². The van der Waals surface area contributed by atoms with E-state index in [1.54, 1.807) is 0 Å². The zero-order valence-electron chi connectivity index (χ0n) is 11.4. The van der Waals surface area contributed by atoms with Crippen LogP contribution in [0.25, 0.3) is 0 Å². The quantitative estimate of drug-likeness (QED) is 0.682. The summed E-state index contributed by atoms with van der Waals surface area (Å²) in [7, 11) is 2.23. The zero-order valence-corrected chi connectivity index (χ0v) is 12.2. The molecule has 1 N–H and O–H groups in total. The maximum atomic E-state index is 3.49. The molecule has 0 fully saturated rings. The second-order valence-corrected chi connectivity index (χ2v) is 5.93. The lowest BCUT2D eigenvalue weighted by Gasteiger charge is -2.21. The van der Waals surface area contributed by atoms with Crippen LogP contribution in [0.15, 0.2) is 17.5 Å². The third kappa shape index (κ3) is 6.81. The molecule has 0 amide bonds. The van der Waals surface area contributed by atoms with Crippen molar-refractivity contribution in [2.24, 2.45) is 5.92 Å². The molecule has 1 heterocycles. The van der Waals surface area contributed by atoms with Gasteiger partial charge in [0.25, 0.3) is 0 Å². The number of nitrogens with zero attached hydrogens (tertiary/aromatic N) is 1. The van der Waals surface area contributed by atoms with Crippen molar-refractivity contribution in [3.8, 4) is 0 Å². The van der Waals surface area contributed by atoms with Crippen LogP contribution in [0.2, 0.25) is 0 Å². The van der Waals surface area contributed by atoms with Gasteiger partial charge in [-0.15, -0.1) is 11.3 Å². The van der Waals surface area contributed by atoms with Gasteiger partial charge >= 0.3 is 0 Å². The van der Waals surface area contributed by atoms with Crippen molar-refractivity contribution in [1.29, 1.82) is 0 Å². The fraction of sp³-hybridized carbons (Fsp3) is 0.714. The molecule has 1 aromatic heterocycles. The smallest absolute Gasteiger partial charge is 0.00579 e. The molecule has 17 heavy (non-hydrogen) atoms. The molecule has 0 radical (unpaired) electrons. The van der Waals surface area contributed by atoms with Crippen LogP contribution in [0, 0.1) is 5.92 Å². The van der Waals surface area contributed by atoms with E-state index < -0.39 is 0 Å². The molecule has 1 rings (SSSR count). The van der Waals surface area contributed by atoms with E-state index in [-0.39, 0.29) is 0 Å². The molecule has 0 aliphatic heterocycles. The van der Waals surface area contributed by atoms with Gasteiger partial charge in [-0.25, -0.2) is 0 Å². The van der Waals surface area contributed by atoms with Crippen LogP contribution in [0.1, 0.15) is 25.1 Å². The van der Waals surface area contributed by atoms with Gasteiger partial charge in [0.15, 0.2) is 0 Å². The van der Waals surface area contributed by atoms with Gasteiger partial charge in [0, 0.05) is 18.0 Å². The first kappa shape index (κ1) is 14.7. The molecular weight excluding hydrogens is 228 g/mol. The van der Waals surface area contributed by atoms with Gasteiger partial charge in [0.2, 0.25) is 0 Å². The van der Waals surface area contributed by atoms with Crippen molar-refractivity contribution in [1.82, 2.24) is 10.2 Å². The maximum Gasteiger partial charge on any atom is 0.00579 e. The van der Waals surface area contributed by atoms with Crippen molar-refractivity contribution < 1.29 is 0 Å². The first-order valence-corrected chi connectivity index (χ1v) is 7.52. The molecule has 0 saturated carbocycles. The Kier molecular flexibility index (Phi) is 7.49. The van der Waals surface area contributed by atoms with Gasteiger partial charge in [0.1, 0.15) is 0 Å². The van der Waals surface area contributed by atoms with E-state index in [9.17, 15) is 0 Å². The van der Waals surface area contributed by atoms with Crippen LogP contribution in [-0.4, -0.2) is 38.1 Å². The van der Waals surface area contributed by atoms with Crippen LogP contribution in [0.4, 0.5) is 0 Å². The minimum Gasteiger partial charge on any atom is -0.316 e. The number of rotatable bonds is 9. The summed E-state index contributed by atoms with van der Waals surface area (Å²) < 4.78 is 0. The largest absolute Gasteiger partial charge is 0.316 e. The fourth-order valence-electron chi connectivity index (χ4n) is 1.97. The molecule has 0 aromatic carbocycles. The number of thiophene rings is 1. The molecule has 2 nitrogen and oxygen atoms in total. The van der Waals surface area contributed by atoms with E-state index >= 15 is 0 Å². The molecule has 0 bridgehead atoms. The topological polar surface area (TPSA) is 15.3 Å². The maximum absolute atomic E-state index is 3.49. The first-order chi connectivity index (χ1) is 8.22. The summed E-state index contributed by atoms with van der Waals surface area (Å²) >= 11 is 1.86. The average molecular weight is 254 g/mol. The number of likely N-dealkylation sites (N-methyl/N-ethyl adjacent to an activating group) is 1. The summed E-state index contributed by atoms with van der Waals surface area (Å²) in [5, 5.41) is 5.64. The average Bonchev–Trinajstić information content (AvgIpc) is 2.79. The van der Waals surface area contributed by atoms with Crippen LogP contribution in [0.5, 0.6) is 0 Å². The molecule has 98 valence electrons. The van der Waals surface area contributed by atoms with Crippen LogP contribution in [-0.2, 0) is 6.42 Å². The van der Waals surface area contributed by atoms with Crippen molar-refractivity contribution >= 4 is 11.3 Å². The highest BCUT2D eigenvalue weighted by atomic mass is 32.1. The second kappa shape index (κ2) is 8.67. The molecule has 0 saturated heterocycles. The molecular formula is C14H26N2S. The monoisotopic (exact) mass is 254 g/mol. The fourth-order valence-corrected chi connectivity index (χ4v) is 2.67. The molecule has 0 aliphatic carbocycles. The molecule has 3 heteroatoms. The Morgan fingerprint density at radius 2 is 2.29 bits per heavy atom. The molecule has 1 unspecified atom stereocenters. The predicted molar refractivity (Wildman–Crippen MR) is 77.8 cm³/mol. The first-order valence-electron chi connectivity index (χ1n) is 6.64. The third-order valence-corrected chi connectivity index (χ3v) is 3.80. The highest BCUT2D eigenvalue weighted by Crippen LogP contribution is 2.09. The Bertz CT molecular complexity index is 272. The molecule has 1 atom stereocenters. The predicted octanol–water partition coefficient (Wildman–Crippen LogP) is 2.86. The Hall–Kier alpha value is -0.380. The SMILES string of the molecule is CCCNCC(C)CN(C)CCc1cccs1. The highest BCUT2D eigenvalue weighted by Gasteiger charge is 2.06. The van der Waals surface area contributed by atoms with Crippen molar-refractivity contribution in [3.05, 3.63) is 22.4 Å². The van der Waals surface area contributed by atoms with Gasteiger partial charge in [-0.3, -0.25) is 0 Å². The lowest BCUT2D eigenvalue weighted by Crippen LogP contribution is -2.32. The van der Waals surface area contributed by atoms with Gasteiger partial charge in [-0.05, 0) is 50.3 Å². The van der Waals surface area contributed by atoms with Crippen molar-refractivity contribution in [2.45, 2.75) is 26.7 Å². The van der Waals surface area contributed by atoms with Crippen molar-refractivity contribution in [2.75, 3.05) is 33.2 Å². The van der Waals surface area contributed by atoms with E-state index in [0.717, 1.165) is 19.0 Å². The number of hydrogen-bond acceptors (Lipinski definition) is 3. The number of hydrogen-bond donors (Lipinski definition) is 1. The van der Waals surface area contributed by atoms with Gasteiger partial charge in [-0.1, -0.05) is 19.9 Å². The molecule has 0 spiro atoms. The van der Waals surface area contributed by atoms with Gasteiger partial charge in [0.05, 0.1) is 0 Å². The minimum atomic E-state index is 0.731. The Morgan fingerprint density at radius 1 is 1.47 bits per heavy atom. The van der Waals surface area contributed by atoms with Crippen LogP contribution < -0.4 is 5.32 Å².